The zero-order valence-electron chi connectivity index (χ0n) is 11.3. The molecular weight excluding hydrogens is 306 g/mol. The summed E-state index contributed by atoms with van der Waals surface area (Å²) in [7, 11) is 1.67. The zero-order valence-corrected chi connectivity index (χ0v) is 13.0. The minimum atomic E-state index is 0.627. The number of aromatic nitrogens is 5. The van der Waals surface area contributed by atoms with Crippen LogP contribution in [0.1, 0.15) is 5.82 Å². The van der Waals surface area contributed by atoms with Crippen LogP contribution >= 0.6 is 23.3 Å². The van der Waals surface area contributed by atoms with Gasteiger partial charge in [0.25, 0.3) is 0 Å². The standard InChI is InChI=1S/C13H13N5OS2/c1-19-8-7-11-15-13(21-17-11)20-12-14-9-18(16-12)10-5-3-2-4-6-10/h2-6,9H,7-8H2,1H3. The molecular formula is C13H13N5OS2. The lowest BCUT2D eigenvalue weighted by molar-refractivity contribution is 0.200. The smallest absolute Gasteiger partial charge is 0.215 e. The molecule has 0 unspecified atom stereocenters. The SMILES string of the molecule is COCCc1nsc(Sc2ncn(-c3ccccc3)n2)n1. The van der Waals surface area contributed by atoms with Gasteiger partial charge in [0.2, 0.25) is 5.16 Å². The Morgan fingerprint density at radius 2 is 2.14 bits per heavy atom. The topological polar surface area (TPSA) is 65.7 Å². The van der Waals surface area contributed by atoms with E-state index in [-0.39, 0.29) is 0 Å². The van der Waals surface area contributed by atoms with Gasteiger partial charge in [-0.1, -0.05) is 18.2 Å². The first-order valence-corrected chi connectivity index (χ1v) is 7.90. The molecule has 6 nitrogen and oxygen atoms in total. The van der Waals surface area contributed by atoms with Crippen LogP contribution in [0.15, 0.2) is 46.2 Å². The van der Waals surface area contributed by atoms with Gasteiger partial charge in [0.1, 0.15) is 12.2 Å². The van der Waals surface area contributed by atoms with Gasteiger partial charge in [-0.05, 0) is 35.4 Å². The van der Waals surface area contributed by atoms with Gasteiger partial charge < -0.3 is 4.74 Å². The predicted molar refractivity (Wildman–Crippen MR) is 81.0 cm³/mol. The average molecular weight is 319 g/mol. The molecule has 1 aromatic carbocycles. The number of nitrogens with zero attached hydrogens (tertiary/aromatic N) is 5. The third-order valence-corrected chi connectivity index (χ3v) is 4.31. The van der Waals surface area contributed by atoms with Crippen LogP contribution in [0.3, 0.4) is 0 Å². The van der Waals surface area contributed by atoms with Crippen molar-refractivity contribution in [3.8, 4) is 5.69 Å². The molecule has 108 valence electrons. The molecule has 8 heteroatoms. The highest BCUT2D eigenvalue weighted by Gasteiger charge is 2.09. The van der Waals surface area contributed by atoms with E-state index < -0.39 is 0 Å². The van der Waals surface area contributed by atoms with Crippen molar-refractivity contribution in [2.45, 2.75) is 15.9 Å². The highest BCUT2D eigenvalue weighted by molar-refractivity contribution is 8.00. The Hall–Kier alpha value is -1.77. The van der Waals surface area contributed by atoms with Crippen molar-refractivity contribution >= 4 is 23.3 Å². The summed E-state index contributed by atoms with van der Waals surface area (Å²) in [4.78, 5) is 8.71. The van der Waals surface area contributed by atoms with Crippen molar-refractivity contribution < 1.29 is 4.74 Å². The Morgan fingerprint density at radius 1 is 1.29 bits per heavy atom. The molecule has 0 N–H and O–H groups in total. The van der Waals surface area contributed by atoms with E-state index in [0.717, 1.165) is 22.3 Å². The van der Waals surface area contributed by atoms with Gasteiger partial charge in [0.05, 0.1) is 12.3 Å². The van der Waals surface area contributed by atoms with Crippen LogP contribution in [0, 0.1) is 0 Å². The first kappa shape index (κ1) is 14.2. The van der Waals surface area contributed by atoms with Crippen LogP contribution in [0.4, 0.5) is 0 Å². The fourth-order valence-electron chi connectivity index (χ4n) is 1.65. The maximum Gasteiger partial charge on any atom is 0.215 e. The van der Waals surface area contributed by atoms with Gasteiger partial charge in [0, 0.05) is 13.5 Å². The van der Waals surface area contributed by atoms with Gasteiger partial charge >= 0.3 is 0 Å². The van der Waals surface area contributed by atoms with E-state index in [1.54, 1.807) is 18.1 Å². The first-order chi connectivity index (χ1) is 10.3. The lowest BCUT2D eigenvalue weighted by Crippen LogP contribution is -1.96. The number of rotatable bonds is 6. The van der Waals surface area contributed by atoms with Crippen LogP contribution in [0.25, 0.3) is 5.69 Å². The molecule has 0 atom stereocenters. The summed E-state index contributed by atoms with van der Waals surface area (Å²) in [5.74, 6) is 0.798. The molecule has 0 saturated heterocycles. The van der Waals surface area contributed by atoms with Crippen molar-refractivity contribution in [3.63, 3.8) is 0 Å². The molecule has 0 radical (unpaired) electrons. The number of hydrogen-bond acceptors (Lipinski definition) is 7. The van der Waals surface area contributed by atoms with E-state index in [9.17, 15) is 0 Å². The van der Waals surface area contributed by atoms with E-state index in [2.05, 4.69) is 19.4 Å². The van der Waals surface area contributed by atoms with Crippen LogP contribution < -0.4 is 0 Å². The van der Waals surface area contributed by atoms with Crippen molar-refractivity contribution in [3.05, 3.63) is 42.5 Å². The molecule has 2 heterocycles. The van der Waals surface area contributed by atoms with Gasteiger partial charge in [0.15, 0.2) is 4.34 Å². The number of hydrogen-bond donors (Lipinski definition) is 0. The van der Waals surface area contributed by atoms with Crippen LogP contribution in [-0.4, -0.2) is 37.8 Å². The second kappa shape index (κ2) is 6.79. The Kier molecular flexibility index (Phi) is 4.59. The zero-order chi connectivity index (χ0) is 14.5. The molecule has 0 bridgehead atoms. The lowest BCUT2D eigenvalue weighted by atomic mass is 10.3. The number of para-hydroxylation sites is 1. The summed E-state index contributed by atoms with van der Waals surface area (Å²) in [5.41, 5.74) is 0.981. The minimum Gasteiger partial charge on any atom is -0.384 e. The maximum absolute atomic E-state index is 5.02. The summed E-state index contributed by atoms with van der Waals surface area (Å²) in [6, 6.07) is 9.88. The van der Waals surface area contributed by atoms with Crippen LogP contribution in [0.5, 0.6) is 0 Å². The fraction of sp³-hybridized carbons (Fsp3) is 0.231. The Labute approximate surface area is 130 Å². The van der Waals surface area contributed by atoms with Crippen molar-refractivity contribution in [1.29, 1.82) is 0 Å². The average Bonchev–Trinajstić information content (AvgIpc) is 3.16. The third kappa shape index (κ3) is 3.66. The quantitative estimate of drug-likeness (QED) is 0.695. The number of ether oxygens (including phenoxy) is 1. The molecule has 0 saturated carbocycles. The van der Waals surface area contributed by atoms with E-state index in [1.807, 2.05) is 30.3 Å². The van der Waals surface area contributed by atoms with Gasteiger partial charge in [-0.15, -0.1) is 5.10 Å². The Morgan fingerprint density at radius 3 is 2.95 bits per heavy atom. The summed E-state index contributed by atoms with van der Waals surface area (Å²) in [5, 5.41) is 5.09. The summed E-state index contributed by atoms with van der Waals surface area (Å²) < 4.78 is 11.9. The molecule has 0 amide bonds. The van der Waals surface area contributed by atoms with E-state index in [1.165, 1.54) is 23.3 Å². The second-order valence-corrected chi connectivity index (χ2v) is 6.09. The molecule has 2 aromatic heterocycles. The Bertz CT molecular complexity index is 697. The monoisotopic (exact) mass is 319 g/mol. The third-order valence-electron chi connectivity index (χ3n) is 2.65. The minimum absolute atomic E-state index is 0.627. The fourth-order valence-corrected chi connectivity index (χ4v) is 3.13. The molecule has 3 rings (SSSR count). The highest BCUT2D eigenvalue weighted by atomic mass is 32.2. The molecule has 0 aliphatic carbocycles. The van der Waals surface area contributed by atoms with Gasteiger partial charge in [-0.25, -0.2) is 14.6 Å². The van der Waals surface area contributed by atoms with Gasteiger partial charge in [-0.2, -0.15) is 4.37 Å². The predicted octanol–water partition coefficient (Wildman–Crippen LogP) is 2.46. The molecule has 0 aliphatic heterocycles. The summed E-state index contributed by atoms with van der Waals surface area (Å²) in [6.07, 6.45) is 2.42. The summed E-state index contributed by atoms with van der Waals surface area (Å²) >= 11 is 2.78. The molecule has 0 spiro atoms. The number of benzene rings is 1. The van der Waals surface area contributed by atoms with Crippen molar-refractivity contribution in [2.75, 3.05) is 13.7 Å². The Balaban J connectivity index is 1.68. The second-order valence-electron chi connectivity index (χ2n) is 4.13. The molecule has 0 fully saturated rings. The molecule has 3 aromatic rings. The van der Waals surface area contributed by atoms with Crippen LogP contribution in [-0.2, 0) is 11.2 Å². The molecule has 21 heavy (non-hydrogen) atoms. The summed E-state index contributed by atoms with van der Waals surface area (Å²) in [6.45, 7) is 0.627. The highest BCUT2D eigenvalue weighted by Crippen LogP contribution is 2.26. The normalized spacial score (nSPS) is 10.9. The number of methoxy groups -OCH3 is 1. The van der Waals surface area contributed by atoms with Crippen LogP contribution in [0.2, 0.25) is 0 Å². The van der Waals surface area contributed by atoms with Crippen molar-refractivity contribution in [2.24, 2.45) is 0 Å². The lowest BCUT2D eigenvalue weighted by Gasteiger charge is -1.97. The maximum atomic E-state index is 5.02. The van der Waals surface area contributed by atoms with Gasteiger partial charge in [-0.3, -0.25) is 0 Å². The van der Waals surface area contributed by atoms with Crippen molar-refractivity contribution in [1.82, 2.24) is 24.1 Å². The van der Waals surface area contributed by atoms with E-state index in [0.29, 0.717) is 11.8 Å². The van der Waals surface area contributed by atoms with E-state index >= 15 is 0 Å². The first-order valence-electron chi connectivity index (χ1n) is 6.31. The van der Waals surface area contributed by atoms with E-state index in [4.69, 9.17) is 4.74 Å². The molecule has 0 aliphatic rings. The largest absolute Gasteiger partial charge is 0.384 e.